The van der Waals surface area contributed by atoms with Crippen LogP contribution >= 0.6 is 0 Å². The molecule has 8 nitrogen and oxygen atoms in total. The number of aliphatic hydroxyl groups is 1. The average molecular weight is 588 g/mol. The number of hydrogen-bond donors (Lipinski definition) is 1. The van der Waals surface area contributed by atoms with Crippen LogP contribution in [0.2, 0.25) is 0 Å². The van der Waals surface area contributed by atoms with E-state index in [1.54, 1.807) is 48.5 Å². The van der Waals surface area contributed by atoms with E-state index in [1.165, 1.54) is 39.9 Å². The Morgan fingerprint density at radius 3 is 2.15 bits per heavy atom. The Morgan fingerprint density at radius 1 is 0.951 bits per heavy atom. The summed E-state index contributed by atoms with van der Waals surface area (Å²) in [6, 6.07) is 20.4. The van der Waals surface area contributed by atoms with Crippen molar-refractivity contribution < 1.29 is 31.6 Å². The molecule has 1 aromatic heterocycles. The Bertz CT molecular complexity index is 1650. The maximum atomic E-state index is 14.7. The lowest BCUT2D eigenvalue weighted by molar-refractivity contribution is -0.384. The lowest BCUT2D eigenvalue weighted by Gasteiger charge is -2.38. The van der Waals surface area contributed by atoms with Gasteiger partial charge in [-0.15, -0.1) is 0 Å². The van der Waals surface area contributed by atoms with Crippen LogP contribution in [0.25, 0.3) is 10.9 Å². The van der Waals surface area contributed by atoms with Gasteiger partial charge in [0.2, 0.25) is 5.60 Å². The average Bonchev–Trinajstić information content (AvgIpc) is 3.31. The highest BCUT2D eigenvalue weighted by Crippen LogP contribution is 2.44. The van der Waals surface area contributed by atoms with E-state index in [-0.39, 0.29) is 54.0 Å². The predicted molar refractivity (Wildman–Crippen MR) is 147 cm³/mol. The highest BCUT2D eigenvalue weighted by atomic mass is 32.2. The standard InChI is InChI=1S/C29H28F3N3O5S/c30-29(31,32)28(36,20-33-15-13-24(14-16-33)41(39,40)23-9-5-2-6-10-23)26-19-34(18-21-7-3-1-4-8-21)27-17-22(35(37)38)11-12-25(26)27/h1-12,17,19,24,36H,13-16,18,20H2. The molecular formula is C29H28F3N3O5S. The number of nitro groups is 1. The number of aromatic nitrogens is 1. The molecule has 1 unspecified atom stereocenters. The molecule has 3 aromatic carbocycles. The molecule has 216 valence electrons. The zero-order valence-electron chi connectivity index (χ0n) is 21.9. The first-order valence-electron chi connectivity index (χ1n) is 13.0. The topological polar surface area (TPSA) is 106 Å². The zero-order valence-corrected chi connectivity index (χ0v) is 22.7. The van der Waals surface area contributed by atoms with E-state index in [4.69, 9.17) is 0 Å². The Morgan fingerprint density at radius 2 is 1.56 bits per heavy atom. The van der Waals surface area contributed by atoms with Gasteiger partial charge in [0.15, 0.2) is 9.84 Å². The molecule has 0 amide bonds. The molecule has 4 aromatic rings. The highest BCUT2D eigenvalue weighted by Gasteiger charge is 2.57. The van der Waals surface area contributed by atoms with Crippen molar-refractivity contribution in [1.82, 2.24) is 9.47 Å². The molecule has 1 aliphatic rings. The maximum Gasteiger partial charge on any atom is 0.422 e. The van der Waals surface area contributed by atoms with E-state index in [9.17, 15) is 36.8 Å². The third kappa shape index (κ3) is 5.59. The maximum absolute atomic E-state index is 14.7. The molecule has 0 spiro atoms. The second-order valence-electron chi connectivity index (χ2n) is 10.3. The molecule has 0 radical (unpaired) electrons. The van der Waals surface area contributed by atoms with Crippen molar-refractivity contribution in [2.45, 2.75) is 41.3 Å². The number of benzene rings is 3. The number of sulfone groups is 1. The molecule has 0 saturated carbocycles. The summed E-state index contributed by atoms with van der Waals surface area (Å²) >= 11 is 0. The first-order chi connectivity index (χ1) is 19.4. The quantitative estimate of drug-likeness (QED) is 0.222. The van der Waals surface area contributed by atoms with Crippen LogP contribution in [0.15, 0.2) is 90.0 Å². The monoisotopic (exact) mass is 587 g/mol. The van der Waals surface area contributed by atoms with Crippen LogP contribution in [0.1, 0.15) is 24.0 Å². The number of fused-ring (bicyclic) bond motifs is 1. The Kier molecular flexibility index (Phi) is 7.66. The largest absolute Gasteiger partial charge is 0.422 e. The minimum Gasteiger partial charge on any atom is -0.375 e. The van der Waals surface area contributed by atoms with Crippen molar-refractivity contribution in [3.63, 3.8) is 0 Å². The minimum atomic E-state index is -5.09. The Labute approximate surface area is 234 Å². The van der Waals surface area contributed by atoms with Gasteiger partial charge in [-0.05, 0) is 49.7 Å². The van der Waals surface area contributed by atoms with Crippen molar-refractivity contribution in [2.75, 3.05) is 19.6 Å². The lowest BCUT2D eigenvalue weighted by atomic mass is 9.91. The fourth-order valence-corrected chi connectivity index (χ4v) is 7.22. The number of non-ortho nitro benzene ring substituents is 1. The third-order valence-electron chi connectivity index (χ3n) is 7.68. The summed E-state index contributed by atoms with van der Waals surface area (Å²) < 4.78 is 71.7. The van der Waals surface area contributed by atoms with Crippen molar-refractivity contribution in [3.8, 4) is 0 Å². The Balaban J connectivity index is 1.47. The summed E-state index contributed by atoms with van der Waals surface area (Å²) in [7, 11) is -3.65. The number of piperidine rings is 1. The summed E-state index contributed by atoms with van der Waals surface area (Å²) in [6.45, 7) is -0.586. The van der Waals surface area contributed by atoms with Gasteiger partial charge in [0.1, 0.15) is 0 Å². The number of nitrogens with zero attached hydrogens (tertiary/aromatic N) is 3. The van der Waals surface area contributed by atoms with E-state index in [1.807, 2.05) is 0 Å². The van der Waals surface area contributed by atoms with E-state index < -0.39 is 43.9 Å². The van der Waals surface area contributed by atoms with Crippen LogP contribution in [0.5, 0.6) is 0 Å². The van der Waals surface area contributed by atoms with Crippen molar-refractivity contribution >= 4 is 26.4 Å². The highest BCUT2D eigenvalue weighted by molar-refractivity contribution is 7.92. The van der Waals surface area contributed by atoms with E-state index in [0.29, 0.717) is 0 Å². The van der Waals surface area contributed by atoms with Crippen LogP contribution < -0.4 is 0 Å². The minimum absolute atomic E-state index is 0.0449. The molecule has 5 rings (SSSR count). The molecule has 1 saturated heterocycles. The SMILES string of the molecule is O=[N+]([O-])c1ccc2c(C(O)(CN3CCC(S(=O)(=O)c4ccccc4)CC3)C(F)(F)F)cn(Cc3ccccc3)c2c1. The fraction of sp³-hybridized carbons (Fsp3) is 0.310. The molecule has 1 aliphatic heterocycles. The number of halogens is 3. The second kappa shape index (κ2) is 10.9. The summed E-state index contributed by atoms with van der Waals surface area (Å²) in [5, 5.41) is 22.2. The van der Waals surface area contributed by atoms with Crippen LogP contribution in [0.3, 0.4) is 0 Å². The fourth-order valence-electron chi connectivity index (χ4n) is 5.47. The van der Waals surface area contributed by atoms with Crippen LogP contribution in [-0.2, 0) is 22.0 Å². The number of likely N-dealkylation sites (tertiary alicyclic amines) is 1. The van der Waals surface area contributed by atoms with E-state index in [2.05, 4.69) is 0 Å². The number of alkyl halides is 3. The zero-order chi connectivity index (χ0) is 29.4. The van der Waals surface area contributed by atoms with Gasteiger partial charge in [-0.1, -0.05) is 48.5 Å². The summed E-state index contributed by atoms with van der Waals surface area (Å²) in [6.07, 6.45) is -3.64. The summed E-state index contributed by atoms with van der Waals surface area (Å²) in [5.74, 6) is 0. The summed E-state index contributed by atoms with van der Waals surface area (Å²) in [5.41, 5.74) is -3.05. The molecule has 12 heteroatoms. The molecule has 1 N–H and O–H groups in total. The van der Waals surface area contributed by atoms with Crippen LogP contribution in [0, 0.1) is 10.1 Å². The van der Waals surface area contributed by atoms with Gasteiger partial charge in [-0.2, -0.15) is 13.2 Å². The predicted octanol–water partition coefficient (Wildman–Crippen LogP) is 5.29. The Hall–Kier alpha value is -3.74. The molecule has 0 bridgehead atoms. The van der Waals surface area contributed by atoms with Crippen molar-refractivity contribution in [2.24, 2.45) is 0 Å². The first kappa shape index (κ1) is 28.8. The van der Waals surface area contributed by atoms with Gasteiger partial charge in [0.25, 0.3) is 5.69 Å². The van der Waals surface area contributed by atoms with Crippen LogP contribution in [0.4, 0.5) is 18.9 Å². The van der Waals surface area contributed by atoms with Gasteiger partial charge in [-0.3, -0.25) is 15.0 Å². The van der Waals surface area contributed by atoms with Crippen molar-refractivity contribution in [1.29, 1.82) is 0 Å². The van der Waals surface area contributed by atoms with Gasteiger partial charge in [0.05, 0.1) is 20.6 Å². The smallest absolute Gasteiger partial charge is 0.375 e. The summed E-state index contributed by atoms with van der Waals surface area (Å²) in [4.78, 5) is 12.4. The van der Waals surface area contributed by atoms with E-state index in [0.717, 1.165) is 11.6 Å². The van der Waals surface area contributed by atoms with Crippen molar-refractivity contribution in [3.05, 3.63) is 106 Å². The van der Waals surface area contributed by atoms with Gasteiger partial charge >= 0.3 is 6.18 Å². The molecule has 1 fully saturated rings. The molecule has 0 aliphatic carbocycles. The number of nitro benzene ring substituents is 1. The van der Waals surface area contributed by atoms with Gasteiger partial charge in [0, 0.05) is 42.4 Å². The number of rotatable bonds is 8. The van der Waals surface area contributed by atoms with E-state index >= 15 is 0 Å². The molecule has 41 heavy (non-hydrogen) atoms. The third-order valence-corrected chi connectivity index (χ3v) is 9.96. The van der Waals surface area contributed by atoms with Gasteiger partial charge < -0.3 is 9.67 Å². The number of β-amino-alcohol motifs (C(OH)–C–C–N with tert-alkyl or cyclic N) is 1. The lowest BCUT2D eigenvalue weighted by Crippen LogP contribution is -2.53. The van der Waals surface area contributed by atoms with Crippen LogP contribution in [-0.4, -0.2) is 59.0 Å². The second-order valence-corrected chi connectivity index (χ2v) is 12.5. The first-order valence-corrected chi connectivity index (χ1v) is 14.6. The molecule has 2 heterocycles. The molecular weight excluding hydrogens is 559 g/mol. The number of hydrogen-bond acceptors (Lipinski definition) is 6. The molecule has 1 atom stereocenters. The van der Waals surface area contributed by atoms with Gasteiger partial charge in [-0.25, -0.2) is 8.42 Å². The normalized spacial score (nSPS) is 17.0.